The maximum absolute atomic E-state index is 12.0. The second kappa shape index (κ2) is 11.2. The Morgan fingerprint density at radius 2 is 2.11 bits per heavy atom. The molecule has 2 heterocycles. The van der Waals surface area contributed by atoms with Crippen LogP contribution in [0.3, 0.4) is 0 Å². The summed E-state index contributed by atoms with van der Waals surface area (Å²) < 4.78 is 10.9. The number of benzene rings is 1. The van der Waals surface area contributed by atoms with Crippen molar-refractivity contribution in [2.24, 2.45) is 5.92 Å². The van der Waals surface area contributed by atoms with Crippen molar-refractivity contribution in [3.05, 3.63) is 35.9 Å². The zero-order chi connectivity index (χ0) is 19.6. The Morgan fingerprint density at radius 3 is 2.86 bits per heavy atom. The molecule has 5 heteroatoms. The van der Waals surface area contributed by atoms with Crippen molar-refractivity contribution in [3.8, 4) is 5.75 Å². The standard InChI is InChI=1S/C23H34N2O3/c1-27-22-9-3-2-6-20(22)7-4-14-25-15-12-19(13-16-25)10-11-23(26)24-18-21-8-5-17-28-21/h2-4,6-7,9,19,21H,5,8,10-18H2,1H3,(H,24,26)/b7-4+/t21-/m0/s1. The summed E-state index contributed by atoms with van der Waals surface area (Å²) in [4.78, 5) is 14.5. The number of para-hydroxylation sites is 1. The first-order valence-corrected chi connectivity index (χ1v) is 10.6. The second-order valence-corrected chi connectivity index (χ2v) is 7.87. The summed E-state index contributed by atoms with van der Waals surface area (Å²) in [7, 11) is 1.71. The van der Waals surface area contributed by atoms with E-state index in [-0.39, 0.29) is 12.0 Å². The van der Waals surface area contributed by atoms with E-state index < -0.39 is 0 Å². The van der Waals surface area contributed by atoms with E-state index in [1.165, 1.54) is 12.8 Å². The van der Waals surface area contributed by atoms with Crippen LogP contribution in [0, 0.1) is 5.92 Å². The van der Waals surface area contributed by atoms with Gasteiger partial charge in [-0.25, -0.2) is 0 Å². The van der Waals surface area contributed by atoms with Crippen LogP contribution >= 0.6 is 0 Å². The second-order valence-electron chi connectivity index (χ2n) is 7.87. The third-order valence-corrected chi connectivity index (χ3v) is 5.84. The van der Waals surface area contributed by atoms with Crippen molar-refractivity contribution >= 4 is 12.0 Å². The summed E-state index contributed by atoms with van der Waals surface area (Å²) in [6.07, 6.45) is 10.8. The van der Waals surface area contributed by atoms with E-state index in [0.29, 0.717) is 18.9 Å². The van der Waals surface area contributed by atoms with Gasteiger partial charge in [-0.3, -0.25) is 9.69 Å². The third-order valence-electron chi connectivity index (χ3n) is 5.84. The minimum Gasteiger partial charge on any atom is -0.496 e. The minimum absolute atomic E-state index is 0.178. The van der Waals surface area contributed by atoms with Gasteiger partial charge in [0.05, 0.1) is 13.2 Å². The van der Waals surface area contributed by atoms with Gasteiger partial charge in [-0.15, -0.1) is 0 Å². The molecule has 0 aromatic heterocycles. The molecule has 1 aromatic rings. The maximum atomic E-state index is 12.0. The van der Waals surface area contributed by atoms with Crippen molar-refractivity contribution in [1.82, 2.24) is 10.2 Å². The topological polar surface area (TPSA) is 50.8 Å². The summed E-state index contributed by atoms with van der Waals surface area (Å²) >= 11 is 0. The largest absolute Gasteiger partial charge is 0.496 e. The molecule has 28 heavy (non-hydrogen) atoms. The van der Waals surface area contributed by atoms with Crippen molar-refractivity contribution in [2.45, 2.75) is 44.6 Å². The number of piperidine rings is 1. The Kier molecular flexibility index (Phi) is 8.37. The Labute approximate surface area is 169 Å². The highest BCUT2D eigenvalue weighted by Crippen LogP contribution is 2.22. The SMILES string of the molecule is COc1ccccc1/C=C/CN1CCC(CCC(=O)NC[C@@H]2CCCO2)CC1. The molecule has 0 radical (unpaired) electrons. The van der Waals surface area contributed by atoms with Gasteiger partial charge < -0.3 is 14.8 Å². The molecule has 0 aliphatic carbocycles. The molecule has 1 amide bonds. The number of hydrogen-bond acceptors (Lipinski definition) is 4. The highest BCUT2D eigenvalue weighted by molar-refractivity contribution is 5.75. The lowest BCUT2D eigenvalue weighted by Gasteiger charge is -2.31. The van der Waals surface area contributed by atoms with Crippen LogP contribution in [0.2, 0.25) is 0 Å². The van der Waals surface area contributed by atoms with E-state index in [0.717, 1.165) is 56.8 Å². The number of methoxy groups -OCH3 is 1. The number of rotatable bonds is 9. The quantitative estimate of drug-likeness (QED) is 0.706. The summed E-state index contributed by atoms with van der Waals surface area (Å²) in [6, 6.07) is 8.09. The Bertz CT molecular complexity index is 632. The molecule has 0 bridgehead atoms. The van der Waals surface area contributed by atoms with E-state index in [4.69, 9.17) is 9.47 Å². The van der Waals surface area contributed by atoms with E-state index in [1.807, 2.05) is 18.2 Å². The van der Waals surface area contributed by atoms with Gasteiger partial charge in [-0.2, -0.15) is 0 Å². The van der Waals surface area contributed by atoms with Gasteiger partial charge in [0.2, 0.25) is 5.91 Å². The van der Waals surface area contributed by atoms with E-state index >= 15 is 0 Å². The number of nitrogens with one attached hydrogen (secondary N) is 1. The molecule has 154 valence electrons. The van der Waals surface area contributed by atoms with E-state index in [1.54, 1.807) is 7.11 Å². The molecule has 2 saturated heterocycles. The third kappa shape index (κ3) is 6.64. The van der Waals surface area contributed by atoms with Crippen LogP contribution in [0.5, 0.6) is 5.75 Å². The lowest BCUT2D eigenvalue weighted by molar-refractivity contribution is -0.122. The number of hydrogen-bond donors (Lipinski definition) is 1. The van der Waals surface area contributed by atoms with E-state index in [9.17, 15) is 4.79 Å². The Balaban J connectivity index is 1.30. The molecule has 3 rings (SSSR count). The molecule has 2 aliphatic heterocycles. The molecule has 2 aliphatic rings. The molecular formula is C23H34N2O3. The first-order valence-electron chi connectivity index (χ1n) is 10.6. The first-order chi connectivity index (χ1) is 13.7. The van der Waals surface area contributed by atoms with Gasteiger partial charge in [0.15, 0.2) is 0 Å². The van der Waals surface area contributed by atoms with Crippen LogP contribution in [0.25, 0.3) is 6.08 Å². The molecule has 1 aromatic carbocycles. The van der Waals surface area contributed by atoms with Crippen LogP contribution in [-0.2, 0) is 9.53 Å². The highest BCUT2D eigenvalue weighted by atomic mass is 16.5. The molecular weight excluding hydrogens is 352 g/mol. The van der Waals surface area contributed by atoms with Crippen LogP contribution in [0.1, 0.15) is 44.1 Å². The van der Waals surface area contributed by atoms with Crippen molar-refractivity contribution < 1.29 is 14.3 Å². The lowest BCUT2D eigenvalue weighted by atomic mass is 9.92. The number of ether oxygens (including phenoxy) is 2. The molecule has 2 fully saturated rings. The van der Waals surface area contributed by atoms with Gasteiger partial charge >= 0.3 is 0 Å². The van der Waals surface area contributed by atoms with Crippen molar-refractivity contribution in [2.75, 3.05) is 39.9 Å². The number of carbonyl (C=O) groups excluding carboxylic acids is 1. The predicted octanol–water partition coefficient (Wildman–Crippen LogP) is 3.50. The zero-order valence-electron chi connectivity index (χ0n) is 17.1. The fraction of sp³-hybridized carbons (Fsp3) is 0.609. The summed E-state index contributed by atoms with van der Waals surface area (Å²) in [5.41, 5.74) is 1.12. The molecule has 0 saturated carbocycles. The zero-order valence-corrected chi connectivity index (χ0v) is 17.1. The molecule has 0 unspecified atom stereocenters. The summed E-state index contributed by atoms with van der Waals surface area (Å²) in [6.45, 7) is 4.70. The monoisotopic (exact) mass is 386 g/mol. The van der Waals surface area contributed by atoms with E-state index in [2.05, 4.69) is 28.4 Å². The fourth-order valence-corrected chi connectivity index (χ4v) is 4.05. The summed E-state index contributed by atoms with van der Waals surface area (Å²) in [5, 5.41) is 3.03. The van der Waals surface area contributed by atoms with Gasteiger partial charge in [0, 0.05) is 31.7 Å². The number of likely N-dealkylation sites (tertiary alicyclic amines) is 1. The van der Waals surface area contributed by atoms with Crippen LogP contribution in [0.15, 0.2) is 30.3 Å². The minimum atomic E-state index is 0.178. The molecule has 1 atom stereocenters. The van der Waals surface area contributed by atoms with Gasteiger partial charge in [0.1, 0.15) is 5.75 Å². The average Bonchev–Trinajstić information content (AvgIpc) is 3.26. The van der Waals surface area contributed by atoms with Crippen LogP contribution in [0.4, 0.5) is 0 Å². The van der Waals surface area contributed by atoms with Gasteiger partial charge in [-0.05, 0) is 57.2 Å². The highest BCUT2D eigenvalue weighted by Gasteiger charge is 2.20. The molecule has 1 N–H and O–H groups in total. The normalized spacial score (nSPS) is 21.2. The van der Waals surface area contributed by atoms with Crippen LogP contribution < -0.4 is 10.1 Å². The van der Waals surface area contributed by atoms with Crippen molar-refractivity contribution in [1.29, 1.82) is 0 Å². The summed E-state index contributed by atoms with van der Waals surface area (Å²) in [5.74, 6) is 1.76. The average molecular weight is 387 g/mol. The lowest BCUT2D eigenvalue weighted by Crippen LogP contribution is -2.35. The smallest absolute Gasteiger partial charge is 0.220 e. The Morgan fingerprint density at radius 1 is 1.29 bits per heavy atom. The van der Waals surface area contributed by atoms with Gasteiger partial charge in [0.25, 0.3) is 0 Å². The maximum Gasteiger partial charge on any atom is 0.220 e. The number of amides is 1. The van der Waals surface area contributed by atoms with Gasteiger partial charge in [-0.1, -0.05) is 30.4 Å². The Hall–Kier alpha value is -1.85. The predicted molar refractivity (Wildman–Crippen MR) is 112 cm³/mol. The number of nitrogens with zero attached hydrogens (tertiary/aromatic N) is 1. The molecule has 5 nitrogen and oxygen atoms in total. The first kappa shape index (κ1) is 20.9. The van der Waals surface area contributed by atoms with Crippen LogP contribution in [-0.4, -0.2) is 56.8 Å². The van der Waals surface area contributed by atoms with Crippen molar-refractivity contribution in [3.63, 3.8) is 0 Å². The molecule has 0 spiro atoms. The fourth-order valence-electron chi connectivity index (χ4n) is 4.05. The number of carbonyl (C=O) groups is 1.